The Balaban J connectivity index is 1.74. The van der Waals surface area contributed by atoms with Gasteiger partial charge in [0.1, 0.15) is 5.78 Å². The van der Waals surface area contributed by atoms with E-state index in [9.17, 15) is 4.79 Å². The molecule has 0 heterocycles. The summed E-state index contributed by atoms with van der Waals surface area (Å²) < 4.78 is 0. The van der Waals surface area contributed by atoms with Crippen LogP contribution in [0.25, 0.3) is 0 Å². The smallest absolute Gasteiger partial charge is 0.139 e. The lowest BCUT2D eigenvalue weighted by Crippen LogP contribution is -2.52. The second-order valence-corrected chi connectivity index (χ2v) is 9.10. The minimum atomic E-state index is 0.0334. The van der Waals surface area contributed by atoms with Crippen molar-refractivity contribution in [2.24, 2.45) is 34.5 Å². The van der Waals surface area contributed by atoms with Crippen LogP contribution < -0.4 is 0 Å². The molecule has 22 heavy (non-hydrogen) atoms. The van der Waals surface area contributed by atoms with Gasteiger partial charge in [0.25, 0.3) is 0 Å². The van der Waals surface area contributed by atoms with E-state index in [1.54, 1.807) is 0 Å². The van der Waals surface area contributed by atoms with Gasteiger partial charge in [-0.05, 0) is 80.5 Å². The van der Waals surface area contributed by atoms with Crippen molar-refractivity contribution >= 4 is 5.78 Å². The fourth-order valence-electron chi connectivity index (χ4n) is 7.16. The third-order valence-corrected chi connectivity index (χ3v) is 8.38. The first-order valence-electron chi connectivity index (χ1n) is 9.74. The number of hydrogen-bond acceptors (Lipinski definition) is 1. The molecule has 0 aromatic carbocycles. The molecule has 4 aliphatic rings. The van der Waals surface area contributed by atoms with E-state index in [0.29, 0.717) is 17.1 Å². The van der Waals surface area contributed by atoms with Crippen LogP contribution in [-0.4, -0.2) is 5.78 Å². The Labute approximate surface area is 135 Å². The molecule has 1 nitrogen and oxygen atoms in total. The van der Waals surface area contributed by atoms with Crippen LogP contribution in [0, 0.1) is 34.5 Å². The van der Waals surface area contributed by atoms with Gasteiger partial charge in [-0.3, -0.25) is 4.79 Å². The van der Waals surface area contributed by atoms with E-state index in [-0.39, 0.29) is 5.41 Å². The monoisotopic (exact) mass is 300 g/mol. The number of carbonyl (C=O) groups is 1. The molecule has 1 heteroatoms. The molecule has 0 aliphatic heterocycles. The van der Waals surface area contributed by atoms with Crippen LogP contribution in [0.5, 0.6) is 0 Å². The second-order valence-electron chi connectivity index (χ2n) is 9.10. The quantitative estimate of drug-likeness (QED) is 0.581. The Morgan fingerprint density at radius 1 is 1.14 bits per heavy atom. The Morgan fingerprint density at radius 2 is 1.91 bits per heavy atom. The van der Waals surface area contributed by atoms with Crippen LogP contribution >= 0.6 is 0 Å². The van der Waals surface area contributed by atoms with Crippen LogP contribution in [0.1, 0.15) is 78.6 Å². The molecule has 0 spiro atoms. The van der Waals surface area contributed by atoms with Gasteiger partial charge >= 0.3 is 0 Å². The maximum atomic E-state index is 12.5. The van der Waals surface area contributed by atoms with Crippen molar-refractivity contribution in [2.75, 3.05) is 0 Å². The molecule has 0 radical (unpaired) electrons. The molecule has 3 saturated carbocycles. The molecule has 6 atom stereocenters. The SMILES string of the molecule is CC[C@@H]1C[C@@H]2[C@H](CC[C@]3(C)C(=O)CC[C@@H]23)[C@@]2(C)CCCC=C12. The zero-order valence-corrected chi connectivity index (χ0v) is 14.7. The number of hydrogen-bond donors (Lipinski definition) is 0. The predicted octanol–water partition coefficient (Wildman–Crippen LogP) is 5.54. The molecule has 3 fully saturated rings. The highest BCUT2D eigenvalue weighted by Gasteiger charge is 2.59. The summed E-state index contributed by atoms with van der Waals surface area (Å²) in [7, 11) is 0. The zero-order chi connectivity index (χ0) is 15.5. The van der Waals surface area contributed by atoms with Gasteiger partial charge < -0.3 is 0 Å². The molecular formula is C21H32O. The fourth-order valence-corrected chi connectivity index (χ4v) is 7.16. The lowest BCUT2D eigenvalue weighted by Gasteiger charge is -2.59. The van der Waals surface area contributed by atoms with E-state index in [0.717, 1.165) is 30.6 Å². The maximum Gasteiger partial charge on any atom is 0.139 e. The highest BCUT2D eigenvalue weighted by Crippen LogP contribution is 2.65. The van der Waals surface area contributed by atoms with Crippen LogP contribution in [-0.2, 0) is 4.79 Å². The van der Waals surface area contributed by atoms with Crippen LogP contribution in [0.3, 0.4) is 0 Å². The van der Waals surface area contributed by atoms with E-state index in [1.807, 2.05) is 5.57 Å². The summed E-state index contributed by atoms with van der Waals surface area (Å²) in [6.45, 7) is 7.26. The van der Waals surface area contributed by atoms with Crippen molar-refractivity contribution in [3.63, 3.8) is 0 Å². The molecule has 122 valence electrons. The predicted molar refractivity (Wildman–Crippen MR) is 90.5 cm³/mol. The summed E-state index contributed by atoms with van der Waals surface area (Å²) in [5.41, 5.74) is 2.30. The fraction of sp³-hybridized carbons (Fsp3) is 0.857. The molecule has 0 aromatic heterocycles. The van der Waals surface area contributed by atoms with Crippen molar-refractivity contribution < 1.29 is 4.79 Å². The van der Waals surface area contributed by atoms with Gasteiger partial charge in [0.15, 0.2) is 0 Å². The molecule has 0 aromatic rings. The van der Waals surface area contributed by atoms with Gasteiger partial charge in [-0.25, -0.2) is 0 Å². The maximum absolute atomic E-state index is 12.5. The molecule has 0 saturated heterocycles. The van der Waals surface area contributed by atoms with Crippen molar-refractivity contribution in [3.05, 3.63) is 11.6 Å². The summed E-state index contributed by atoms with van der Waals surface area (Å²) >= 11 is 0. The zero-order valence-electron chi connectivity index (χ0n) is 14.7. The van der Waals surface area contributed by atoms with Crippen molar-refractivity contribution in [3.8, 4) is 0 Å². The summed E-state index contributed by atoms with van der Waals surface area (Å²) in [5.74, 6) is 3.73. The number of carbonyl (C=O) groups excluding carboxylic acids is 1. The van der Waals surface area contributed by atoms with Gasteiger partial charge in [0.05, 0.1) is 0 Å². The van der Waals surface area contributed by atoms with Crippen molar-refractivity contribution in [1.82, 2.24) is 0 Å². The number of ketones is 1. The lowest BCUT2D eigenvalue weighted by atomic mass is 9.45. The first-order valence-corrected chi connectivity index (χ1v) is 9.74. The Hall–Kier alpha value is -0.590. The number of allylic oxidation sites excluding steroid dienone is 2. The third-order valence-electron chi connectivity index (χ3n) is 8.38. The number of fused-ring (bicyclic) bond motifs is 5. The highest BCUT2D eigenvalue weighted by atomic mass is 16.1. The summed E-state index contributed by atoms with van der Waals surface area (Å²) in [4.78, 5) is 12.5. The Kier molecular flexibility index (Phi) is 3.37. The summed E-state index contributed by atoms with van der Waals surface area (Å²) in [5, 5.41) is 0. The van der Waals surface area contributed by atoms with E-state index in [2.05, 4.69) is 26.8 Å². The van der Waals surface area contributed by atoms with Crippen LogP contribution in [0.15, 0.2) is 11.6 Å². The number of rotatable bonds is 1. The van der Waals surface area contributed by atoms with Gasteiger partial charge in [-0.2, -0.15) is 0 Å². The second kappa shape index (κ2) is 4.95. The molecule has 4 rings (SSSR count). The Morgan fingerprint density at radius 3 is 2.68 bits per heavy atom. The van der Waals surface area contributed by atoms with E-state index in [4.69, 9.17) is 0 Å². The molecule has 0 amide bonds. The minimum absolute atomic E-state index is 0.0334. The first kappa shape index (κ1) is 15.0. The lowest BCUT2D eigenvalue weighted by molar-refractivity contribution is -0.133. The summed E-state index contributed by atoms with van der Waals surface area (Å²) in [6, 6.07) is 0. The van der Waals surface area contributed by atoms with E-state index in [1.165, 1.54) is 44.9 Å². The van der Waals surface area contributed by atoms with Gasteiger partial charge in [0.2, 0.25) is 0 Å². The third kappa shape index (κ3) is 1.80. The van der Waals surface area contributed by atoms with Gasteiger partial charge in [-0.1, -0.05) is 32.4 Å². The largest absolute Gasteiger partial charge is 0.299 e. The van der Waals surface area contributed by atoms with Crippen molar-refractivity contribution in [1.29, 1.82) is 0 Å². The molecular weight excluding hydrogens is 268 g/mol. The van der Waals surface area contributed by atoms with Gasteiger partial charge in [0, 0.05) is 11.8 Å². The van der Waals surface area contributed by atoms with E-state index < -0.39 is 0 Å². The minimum Gasteiger partial charge on any atom is -0.299 e. The first-order chi connectivity index (χ1) is 10.5. The standard InChI is InChI=1S/C21H32O/c1-4-14-13-15-17-8-9-19(22)21(17,3)12-10-18(15)20(2)11-6-5-7-16(14)20/h7,14-15,17-18H,4-6,8-13H2,1-3H3/t14-,15+,17+,18+,20+,21+/m1/s1. The number of Topliss-reactive ketones (excluding diaryl/α,β-unsaturated/α-hetero) is 1. The molecule has 0 unspecified atom stereocenters. The average Bonchev–Trinajstić information content (AvgIpc) is 2.82. The van der Waals surface area contributed by atoms with Gasteiger partial charge in [-0.15, -0.1) is 0 Å². The summed E-state index contributed by atoms with van der Waals surface area (Å²) in [6.07, 6.45) is 13.9. The Bertz CT molecular complexity index is 518. The molecule has 0 bridgehead atoms. The van der Waals surface area contributed by atoms with Crippen LogP contribution in [0.2, 0.25) is 0 Å². The van der Waals surface area contributed by atoms with Crippen LogP contribution in [0.4, 0.5) is 0 Å². The topological polar surface area (TPSA) is 17.1 Å². The molecule has 0 N–H and O–H groups in total. The molecule has 4 aliphatic carbocycles. The van der Waals surface area contributed by atoms with E-state index >= 15 is 0 Å². The average molecular weight is 300 g/mol. The normalized spacial score (nSPS) is 50.9. The van der Waals surface area contributed by atoms with Crippen molar-refractivity contribution in [2.45, 2.75) is 78.6 Å². The highest BCUT2D eigenvalue weighted by molar-refractivity contribution is 5.87.